The van der Waals surface area contributed by atoms with Gasteiger partial charge in [-0.1, -0.05) is 0 Å². The van der Waals surface area contributed by atoms with Gasteiger partial charge in [0.1, 0.15) is 0 Å². The van der Waals surface area contributed by atoms with Gasteiger partial charge in [0.2, 0.25) is 0 Å². The Morgan fingerprint density at radius 1 is 1.06 bits per heavy atom. The Hall–Kier alpha value is 0.440. The van der Waals surface area contributed by atoms with Crippen molar-refractivity contribution in [1.82, 2.24) is 0 Å². The van der Waals surface area contributed by atoms with Crippen molar-refractivity contribution in [3.63, 3.8) is 0 Å². The summed E-state index contributed by atoms with van der Waals surface area (Å²) in [6, 6.07) is 0. The fourth-order valence-corrected chi connectivity index (χ4v) is 4.86. The van der Waals surface area contributed by atoms with Crippen molar-refractivity contribution in [3.05, 3.63) is 16.3 Å². The summed E-state index contributed by atoms with van der Waals surface area (Å²) in [5, 5.41) is 9.70. The van der Waals surface area contributed by atoms with E-state index in [0.29, 0.717) is 27.6 Å². The summed E-state index contributed by atoms with van der Waals surface area (Å²) >= 11 is 5.95. The van der Waals surface area contributed by atoms with Gasteiger partial charge in [-0.05, 0) is 67.8 Å². The average Bonchev–Trinajstić information content (AvgIpc) is 2.23. The van der Waals surface area contributed by atoms with E-state index < -0.39 is 12.0 Å². The van der Waals surface area contributed by atoms with Crippen molar-refractivity contribution >= 4 is 85.1 Å². The molecule has 0 spiro atoms. The van der Waals surface area contributed by atoms with E-state index in [4.69, 9.17) is 17.2 Å². The van der Waals surface area contributed by atoms with Gasteiger partial charge in [0, 0.05) is 12.7 Å². The molecule has 1 amide bonds. The lowest BCUT2D eigenvalue weighted by atomic mass is 10.1. The zero-order valence-corrected chi connectivity index (χ0v) is 14.3. The maximum Gasteiger partial charge on any atom is 0.250 e. The summed E-state index contributed by atoms with van der Waals surface area (Å²) in [6.07, 6.45) is -1.39. The van der Waals surface area contributed by atoms with Gasteiger partial charge in [0.15, 0.2) is 6.10 Å². The van der Waals surface area contributed by atoms with Gasteiger partial charge in [-0.2, -0.15) is 0 Å². The molecule has 5 nitrogen and oxygen atoms in total. The average molecular weight is 559 g/mol. The van der Waals surface area contributed by atoms with Crippen LogP contribution in [0.25, 0.3) is 0 Å². The summed E-state index contributed by atoms with van der Waals surface area (Å²) in [6.45, 7) is 0. The molecule has 7 N–H and O–H groups in total. The second-order valence-electron chi connectivity index (χ2n) is 2.99. The fourth-order valence-electron chi connectivity index (χ4n) is 1.11. The van der Waals surface area contributed by atoms with Crippen LogP contribution in [0.3, 0.4) is 0 Å². The highest BCUT2D eigenvalue weighted by Crippen LogP contribution is 2.38. The molecule has 1 rings (SSSR count). The number of primary amides is 1. The molecule has 0 aliphatic rings. The van der Waals surface area contributed by atoms with Crippen molar-refractivity contribution in [2.75, 3.05) is 11.5 Å². The summed E-state index contributed by atoms with van der Waals surface area (Å²) in [7, 11) is 0. The number of halogens is 3. The van der Waals surface area contributed by atoms with Gasteiger partial charge in [-0.15, -0.1) is 0 Å². The number of amides is 1. The van der Waals surface area contributed by atoms with Crippen molar-refractivity contribution in [2.24, 2.45) is 5.73 Å². The SMILES string of the molecule is NC(=O)[C@@H](O)c1c(I)c(N)c(I)c(N)c1I. The number of anilines is 2. The number of carbonyl (C=O) groups excluding carboxylic acids is 1. The van der Waals surface area contributed by atoms with E-state index in [1.807, 2.05) is 67.8 Å². The zero-order valence-electron chi connectivity index (χ0n) is 7.80. The number of nitrogens with two attached hydrogens (primary N) is 3. The van der Waals surface area contributed by atoms with E-state index in [0.717, 1.165) is 0 Å². The van der Waals surface area contributed by atoms with Crippen LogP contribution in [0.4, 0.5) is 11.4 Å². The lowest BCUT2D eigenvalue weighted by Crippen LogP contribution is -2.23. The molecule has 0 saturated carbocycles. The smallest absolute Gasteiger partial charge is 0.250 e. The van der Waals surface area contributed by atoms with E-state index >= 15 is 0 Å². The third-order valence-electron chi connectivity index (χ3n) is 1.96. The van der Waals surface area contributed by atoms with E-state index in [2.05, 4.69) is 0 Å². The maximum absolute atomic E-state index is 11.0. The number of aliphatic hydroxyl groups is 1. The van der Waals surface area contributed by atoms with Gasteiger partial charge in [0.05, 0.1) is 14.9 Å². The molecule has 88 valence electrons. The highest BCUT2D eigenvalue weighted by atomic mass is 127. The fraction of sp³-hybridized carbons (Fsp3) is 0.125. The molecule has 16 heavy (non-hydrogen) atoms. The van der Waals surface area contributed by atoms with E-state index in [-0.39, 0.29) is 0 Å². The van der Waals surface area contributed by atoms with Gasteiger partial charge >= 0.3 is 0 Å². The summed E-state index contributed by atoms with van der Waals surface area (Å²) in [5.74, 6) is -0.823. The van der Waals surface area contributed by atoms with Crippen LogP contribution in [-0.2, 0) is 4.79 Å². The maximum atomic E-state index is 11.0. The third kappa shape index (κ3) is 2.48. The number of hydrogen-bond acceptors (Lipinski definition) is 4. The van der Waals surface area contributed by atoms with E-state index in [1.165, 1.54) is 0 Å². The molecular formula is C8H8I3N3O2. The summed E-state index contributed by atoms with van der Waals surface area (Å²) < 4.78 is 1.92. The first kappa shape index (κ1) is 14.5. The normalized spacial score (nSPS) is 12.5. The highest BCUT2D eigenvalue weighted by molar-refractivity contribution is 14.1. The van der Waals surface area contributed by atoms with Crippen molar-refractivity contribution < 1.29 is 9.90 Å². The number of rotatable bonds is 2. The van der Waals surface area contributed by atoms with Crippen LogP contribution in [-0.4, -0.2) is 11.0 Å². The molecule has 0 saturated heterocycles. The van der Waals surface area contributed by atoms with Crippen molar-refractivity contribution in [1.29, 1.82) is 0 Å². The van der Waals surface area contributed by atoms with Gasteiger partial charge in [0.25, 0.3) is 5.91 Å². The van der Waals surface area contributed by atoms with Crippen LogP contribution >= 0.6 is 67.8 Å². The van der Waals surface area contributed by atoms with Crippen molar-refractivity contribution in [3.8, 4) is 0 Å². The summed E-state index contributed by atoms with van der Waals surface area (Å²) in [4.78, 5) is 11.0. The molecule has 1 aromatic rings. The van der Waals surface area contributed by atoms with Crippen LogP contribution in [0, 0.1) is 10.7 Å². The first-order valence-corrected chi connectivity index (χ1v) is 7.21. The second kappa shape index (κ2) is 5.39. The lowest BCUT2D eigenvalue weighted by Gasteiger charge is -2.17. The van der Waals surface area contributed by atoms with Gasteiger partial charge in [-0.25, -0.2) is 0 Å². The van der Waals surface area contributed by atoms with E-state index in [9.17, 15) is 9.90 Å². The second-order valence-corrected chi connectivity index (χ2v) is 6.22. The molecular weight excluding hydrogens is 551 g/mol. The van der Waals surface area contributed by atoms with Crippen molar-refractivity contribution in [2.45, 2.75) is 6.10 Å². The molecule has 0 bridgehead atoms. The lowest BCUT2D eigenvalue weighted by molar-refractivity contribution is -0.126. The van der Waals surface area contributed by atoms with Crippen LogP contribution in [0.1, 0.15) is 11.7 Å². The van der Waals surface area contributed by atoms with Crippen LogP contribution in [0.2, 0.25) is 0 Å². The molecule has 0 unspecified atom stereocenters. The molecule has 8 heteroatoms. The largest absolute Gasteiger partial charge is 0.397 e. The zero-order chi connectivity index (χ0) is 12.6. The Bertz CT molecular complexity index is 435. The van der Waals surface area contributed by atoms with Gasteiger partial charge in [-0.3, -0.25) is 4.79 Å². The number of benzene rings is 1. The minimum Gasteiger partial charge on any atom is -0.397 e. The Morgan fingerprint density at radius 2 is 1.44 bits per heavy atom. The van der Waals surface area contributed by atoms with E-state index in [1.54, 1.807) is 0 Å². The Kier molecular flexibility index (Phi) is 4.88. The van der Waals surface area contributed by atoms with Crippen LogP contribution in [0.15, 0.2) is 0 Å². The molecule has 1 aromatic carbocycles. The predicted octanol–water partition coefficient (Wildman–Crippen LogP) is 1.18. The first-order chi connectivity index (χ1) is 7.29. The quantitative estimate of drug-likeness (QED) is 0.322. The molecule has 0 aromatic heterocycles. The van der Waals surface area contributed by atoms with Crippen LogP contribution < -0.4 is 17.2 Å². The molecule has 0 fully saturated rings. The Balaban J connectivity index is 3.57. The predicted molar refractivity (Wildman–Crippen MR) is 87.6 cm³/mol. The van der Waals surface area contributed by atoms with Gasteiger partial charge < -0.3 is 22.3 Å². The number of hydrogen-bond donors (Lipinski definition) is 4. The molecule has 0 radical (unpaired) electrons. The standard InChI is InChI=1S/C8H8I3N3O2/c9-2-1(7(15)8(14)16)3(10)6(13)4(11)5(2)12/h7,15H,12-13H2,(H2,14,16)/t7-/m0/s1. The molecule has 0 aliphatic carbocycles. The number of carbonyl (C=O) groups is 1. The number of aliphatic hydroxyl groups excluding tert-OH is 1. The number of nitrogen functional groups attached to an aromatic ring is 2. The highest BCUT2D eigenvalue weighted by Gasteiger charge is 2.25. The first-order valence-electron chi connectivity index (χ1n) is 3.97. The topological polar surface area (TPSA) is 115 Å². The minimum atomic E-state index is -1.39. The van der Waals surface area contributed by atoms with Crippen LogP contribution in [0.5, 0.6) is 0 Å². The molecule has 1 atom stereocenters. The molecule has 0 aliphatic heterocycles. The molecule has 0 heterocycles. The Labute approximate surface area is 133 Å². The minimum absolute atomic E-state index is 0.379. The third-order valence-corrected chi connectivity index (χ3v) is 5.45. The summed E-state index contributed by atoms with van der Waals surface area (Å²) in [5.41, 5.74) is 18.0. The Morgan fingerprint density at radius 3 is 1.75 bits per heavy atom. The monoisotopic (exact) mass is 559 g/mol.